The van der Waals surface area contributed by atoms with Crippen molar-refractivity contribution in [3.05, 3.63) is 76.1 Å². The van der Waals surface area contributed by atoms with Crippen LogP contribution in [-0.4, -0.2) is 32.3 Å². The van der Waals surface area contributed by atoms with Crippen LogP contribution in [0, 0.1) is 20.8 Å². The summed E-state index contributed by atoms with van der Waals surface area (Å²) in [5.41, 5.74) is 7.10. The Morgan fingerprint density at radius 3 is 2.54 bits per heavy atom. The molecule has 0 fully saturated rings. The first-order valence-corrected chi connectivity index (χ1v) is 8.90. The van der Waals surface area contributed by atoms with Gasteiger partial charge in [-0.15, -0.1) is 5.10 Å². The summed E-state index contributed by atoms with van der Waals surface area (Å²) in [5, 5.41) is 8.43. The Hall–Kier alpha value is -2.95. The van der Waals surface area contributed by atoms with Crippen LogP contribution in [0.25, 0.3) is 5.69 Å². The van der Waals surface area contributed by atoms with Gasteiger partial charge in [0.15, 0.2) is 5.69 Å². The van der Waals surface area contributed by atoms with E-state index in [2.05, 4.69) is 54.5 Å². The molecule has 2 aromatic carbocycles. The van der Waals surface area contributed by atoms with Crippen LogP contribution in [0.3, 0.4) is 0 Å². The van der Waals surface area contributed by atoms with E-state index in [9.17, 15) is 4.79 Å². The second-order valence-electron chi connectivity index (χ2n) is 6.95. The largest absolute Gasteiger partial charge is 0.333 e. The molecule has 0 aliphatic carbocycles. The van der Waals surface area contributed by atoms with Gasteiger partial charge in [0.2, 0.25) is 0 Å². The summed E-state index contributed by atoms with van der Waals surface area (Å²) in [7, 11) is 0. The molecular weight excluding hydrogens is 324 g/mol. The van der Waals surface area contributed by atoms with Crippen LogP contribution in [0.5, 0.6) is 0 Å². The van der Waals surface area contributed by atoms with E-state index in [1.807, 2.05) is 24.0 Å². The van der Waals surface area contributed by atoms with E-state index in [4.69, 9.17) is 0 Å². The number of aromatic nitrogens is 3. The van der Waals surface area contributed by atoms with E-state index in [-0.39, 0.29) is 5.91 Å². The molecule has 0 N–H and O–H groups in total. The average molecular weight is 346 g/mol. The number of fused-ring (bicyclic) bond motifs is 1. The Balaban J connectivity index is 1.62. The summed E-state index contributed by atoms with van der Waals surface area (Å²) < 4.78 is 1.75. The Labute approximate surface area is 153 Å². The molecule has 5 nitrogen and oxygen atoms in total. The highest BCUT2D eigenvalue weighted by Gasteiger charge is 2.26. The molecule has 1 amide bonds. The number of benzene rings is 2. The van der Waals surface area contributed by atoms with Gasteiger partial charge in [-0.25, -0.2) is 4.68 Å². The third-order valence-corrected chi connectivity index (χ3v) is 5.25. The fourth-order valence-electron chi connectivity index (χ4n) is 3.45. The molecule has 0 radical (unpaired) electrons. The molecular formula is C21H22N4O. The normalized spacial score (nSPS) is 13.6. The third kappa shape index (κ3) is 2.79. The monoisotopic (exact) mass is 346 g/mol. The number of rotatable bonds is 2. The van der Waals surface area contributed by atoms with Gasteiger partial charge in [-0.05, 0) is 61.6 Å². The van der Waals surface area contributed by atoms with Gasteiger partial charge in [-0.2, -0.15) is 0 Å². The number of hydrogen-bond acceptors (Lipinski definition) is 3. The highest BCUT2D eigenvalue weighted by molar-refractivity contribution is 5.93. The van der Waals surface area contributed by atoms with E-state index < -0.39 is 0 Å². The van der Waals surface area contributed by atoms with Crippen LogP contribution >= 0.6 is 0 Å². The van der Waals surface area contributed by atoms with Crippen molar-refractivity contribution in [1.29, 1.82) is 0 Å². The quantitative estimate of drug-likeness (QED) is 0.715. The summed E-state index contributed by atoms with van der Waals surface area (Å²) >= 11 is 0. The van der Waals surface area contributed by atoms with Crippen molar-refractivity contribution in [3.63, 3.8) is 0 Å². The van der Waals surface area contributed by atoms with Crippen molar-refractivity contribution in [2.24, 2.45) is 0 Å². The molecule has 0 atom stereocenters. The van der Waals surface area contributed by atoms with Crippen LogP contribution in [0.4, 0.5) is 0 Å². The highest BCUT2D eigenvalue weighted by atomic mass is 16.2. The second-order valence-corrected chi connectivity index (χ2v) is 6.95. The molecule has 0 saturated heterocycles. The van der Waals surface area contributed by atoms with Gasteiger partial charge in [0.05, 0.1) is 11.4 Å². The van der Waals surface area contributed by atoms with Crippen LogP contribution in [0.1, 0.15) is 38.4 Å². The molecule has 132 valence electrons. The van der Waals surface area contributed by atoms with E-state index >= 15 is 0 Å². The lowest BCUT2D eigenvalue weighted by atomic mass is 9.99. The summed E-state index contributed by atoms with van der Waals surface area (Å²) in [6.07, 6.45) is 0.881. The van der Waals surface area contributed by atoms with Gasteiger partial charge in [0.1, 0.15) is 0 Å². The number of hydrogen-bond donors (Lipinski definition) is 0. The first-order valence-electron chi connectivity index (χ1n) is 8.90. The van der Waals surface area contributed by atoms with Crippen LogP contribution < -0.4 is 0 Å². The van der Waals surface area contributed by atoms with E-state index in [1.54, 1.807) is 4.68 Å². The lowest BCUT2D eigenvalue weighted by Crippen LogP contribution is -2.36. The van der Waals surface area contributed by atoms with Gasteiger partial charge < -0.3 is 4.90 Å². The van der Waals surface area contributed by atoms with Crippen molar-refractivity contribution >= 4 is 5.91 Å². The summed E-state index contributed by atoms with van der Waals surface area (Å²) in [4.78, 5) is 14.9. The summed E-state index contributed by atoms with van der Waals surface area (Å²) in [5.74, 6) is -0.0490. The smallest absolute Gasteiger partial charge is 0.276 e. The molecule has 1 aromatic heterocycles. The van der Waals surface area contributed by atoms with Crippen molar-refractivity contribution in [2.45, 2.75) is 33.7 Å². The first kappa shape index (κ1) is 16.5. The maximum Gasteiger partial charge on any atom is 0.276 e. The van der Waals surface area contributed by atoms with E-state index in [0.29, 0.717) is 18.8 Å². The SMILES string of the molecule is Cc1ccc(-n2nnc(C(=O)N3CCc4ccccc4C3)c2C)cc1C. The van der Waals surface area contributed by atoms with Crippen molar-refractivity contribution in [1.82, 2.24) is 19.9 Å². The van der Waals surface area contributed by atoms with Gasteiger partial charge in [0.25, 0.3) is 5.91 Å². The number of nitrogens with zero attached hydrogens (tertiary/aromatic N) is 4. The maximum absolute atomic E-state index is 13.0. The average Bonchev–Trinajstić information content (AvgIpc) is 3.04. The lowest BCUT2D eigenvalue weighted by molar-refractivity contribution is 0.0728. The number of amides is 1. The van der Waals surface area contributed by atoms with Crippen LogP contribution in [0.2, 0.25) is 0 Å². The molecule has 26 heavy (non-hydrogen) atoms. The predicted octanol–water partition coefficient (Wildman–Crippen LogP) is 3.39. The van der Waals surface area contributed by atoms with Gasteiger partial charge >= 0.3 is 0 Å². The minimum Gasteiger partial charge on any atom is -0.333 e. The molecule has 3 aromatic rings. The minimum atomic E-state index is -0.0490. The zero-order valence-electron chi connectivity index (χ0n) is 15.4. The standard InChI is InChI=1S/C21H22N4O/c1-14-8-9-19(12-15(14)2)25-16(3)20(22-23-25)21(26)24-11-10-17-6-4-5-7-18(17)13-24/h4-9,12H,10-11,13H2,1-3H3. The fraction of sp³-hybridized carbons (Fsp3) is 0.286. The zero-order chi connectivity index (χ0) is 18.3. The van der Waals surface area contributed by atoms with Gasteiger partial charge in [-0.1, -0.05) is 35.5 Å². The second kappa shape index (κ2) is 6.41. The molecule has 0 unspecified atom stereocenters. The number of aryl methyl sites for hydroxylation is 2. The first-order chi connectivity index (χ1) is 12.5. The molecule has 1 aliphatic rings. The molecule has 0 bridgehead atoms. The van der Waals surface area contributed by atoms with E-state index in [0.717, 1.165) is 17.8 Å². The Morgan fingerprint density at radius 2 is 1.77 bits per heavy atom. The van der Waals surface area contributed by atoms with Gasteiger partial charge in [0, 0.05) is 13.1 Å². The van der Waals surface area contributed by atoms with Gasteiger partial charge in [-0.3, -0.25) is 4.79 Å². The van der Waals surface area contributed by atoms with Crippen LogP contribution in [-0.2, 0) is 13.0 Å². The Morgan fingerprint density at radius 1 is 1.00 bits per heavy atom. The van der Waals surface area contributed by atoms with E-state index in [1.165, 1.54) is 22.3 Å². The number of carbonyl (C=O) groups excluding carboxylic acids is 1. The summed E-state index contributed by atoms with van der Waals surface area (Å²) in [6.45, 7) is 7.40. The number of carbonyl (C=O) groups is 1. The molecule has 0 saturated carbocycles. The van der Waals surface area contributed by atoms with Crippen molar-refractivity contribution in [3.8, 4) is 5.69 Å². The molecule has 0 spiro atoms. The van der Waals surface area contributed by atoms with Crippen LogP contribution in [0.15, 0.2) is 42.5 Å². The molecule has 4 rings (SSSR count). The fourth-order valence-corrected chi connectivity index (χ4v) is 3.45. The highest BCUT2D eigenvalue weighted by Crippen LogP contribution is 2.22. The molecule has 5 heteroatoms. The molecule has 2 heterocycles. The predicted molar refractivity (Wildman–Crippen MR) is 100 cm³/mol. The Bertz CT molecular complexity index is 989. The topological polar surface area (TPSA) is 51.0 Å². The zero-order valence-corrected chi connectivity index (χ0v) is 15.4. The lowest BCUT2D eigenvalue weighted by Gasteiger charge is -2.28. The van der Waals surface area contributed by atoms with Crippen molar-refractivity contribution in [2.75, 3.05) is 6.54 Å². The third-order valence-electron chi connectivity index (χ3n) is 5.25. The van der Waals surface area contributed by atoms with Crippen molar-refractivity contribution < 1.29 is 4.79 Å². The summed E-state index contributed by atoms with van der Waals surface area (Å²) in [6, 6.07) is 14.4. The minimum absolute atomic E-state index is 0.0490. The Kier molecular flexibility index (Phi) is 4.07. The molecule has 1 aliphatic heterocycles. The maximum atomic E-state index is 13.0.